The summed E-state index contributed by atoms with van der Waals surface area (Å²) in [6.45, 7) is 3.27. The van der Waals surface area contributed by atoms with Crippen LogP contribution in [0, 0.1) is 6.92 Å². The van der Waals surface area contributed by atoms with E-state index in [4.69, 9.17) is 5.73 Å². The second kappa shape index (κ2) is 8.28. The summed E-state index contributed by atoms with van der Waals surface area (Å²) in [6.07, 6.45) is 1.61. The van der Waals surface area contributed by atoms with Gasteiger partial charge in [0.2, 0.25) is 0 Å². The van der Waals surface area contributed by atoms with Crippen molar-refractivity contribution in [3.8, 4) is 0 Å². The maximum absolute atomic E-state index is 12.8. The second-order valence-corrected chi connectivity index (χ2v) is 6.37. The predicted octanol–water partition coefficient (Wildman–Crippen LogP) is 3.21. The van der Waals surface area contributed by atoms with Crippen molar-refractivity contribution in [2.75, 3.05) is 13.1 Å². The zero-order valence-electron chi connectivity index (χ0n) is 14.3. The lowest BCUT2D eigenvalue weighted by Crippen LogP contribution is -2.43. The summed E-state index contributed by atoms with van der Waals surface area (Å²) in [6, 6.07) is 14.6. The van der Waals surface area contributed by atoms with Gasteiger partial charge in [0.05, 0.1) is 5.56 Å². The zero-order valence-corrected chi connectivity index (χ0v) is 15.1. The number of rotatable bonds is 3. The van der Waals surface area contributed by atoms with E-state index in [0.717, 1.165) is 18.4 Å². The lowest BCUT2D eigenvalue weighted by molar-refractivity contribution is 0.0711. The molecule has 0 bridgehead atoms. The van der Waals surface area contributed by atoms with Crippen LogP contribution in [0.4, 0.5) is 0 Å². The first-order valence-electron chi connectivity index (χ1n) is 8.31. The van der Waals surface area contributed by atoms with Crippen LogP contribution in [0.3, 0.4) is 0 Å². The van der Waals surface area contributed by atoms with Gasteiger partial charge in [0.15, 0.2) is 5.78 Å². The van der Waals surface area contributed by atoms with E-state index in [9.17, 15) is 9.59 Å². The van der Waals surface area contributed by atoms with Crippen LogP contribution in [-0.4, -0.2) is 35.7 Å². The molecule has 0 aliphatic carbocycles. The van der Waals surface area contributed by atoms with Crippen molar-refractivity contribution in [2.45, 2.75) is 25.8 Å². The molecule has 132 valence electrons. The fourth-order valence-corrected chi connectivity index (χ4v) is 3.00. The normalized spacial score (nSPS) is 14.7. The zero-order chi connectivity index (χ0) is 17.1. The molecule has 0 radical (unpaired) electrons. The number of halogens is 1. The summed E-state index contributed by atoms with van der Waals surface area (Å²) in [5, 5.41) is 0. The summed E-state index contributed by atoms with van der Waals surface area (Å²) >= 11 is 0. The van der Waals surface area contributed by atoms with E-state index in [1.807, 2.05) is 19.1 Å². The number of hydrogen-bond acceptors (Lipinski definition) is 3. The standard InChI is InChI=1S/C20H22N2O2.ClH/c1-14-6-8-15(9-7-14)19(23)17-4-2-3-5-18(17)20(24)22-12-10-16(21)11-13-22;/h2-9,16H,10-13,21H2,1H3;1H. The molecular weight excluding hydrogens is 336 g/mol. The second-order valence-electron chi connectivity index (χ2n) is 6.37. The van der Waals surface area contributed by atoms with Crippen molar-refractivity contribution in [1.82, 2.24) is 4.90 Å². The Hall–Kier alpha value is -2.17. The number of ketones is 1. The molecular formula is C20H23ClN2O2. The highest BCUT2D eigenvalue weighted by Crippen LogP contribution is 2.19. The monoisotopic (exact) mass is 358 g/mol. The molecule has 2 N–H and O–H groups in total. The minimum absolute atomic E-state index is 0. The highest BCUT2D eigenvalue weighted by atomic mass is 35.5. The van der Waals surface area contributed by atoms with Crippen molar-refractivity contribution in [3.63, 3.8) is 0 Å². The van der Waals surface area contributed by atoms with Gasteiger partial charge < -0.3 is 10.6 Å². The smallest absolute Gasteiger partial charge is 0.254 e. The fraction of sp³-hybridized carbons (Fsp3) is 0.300. The Kier molecular flexibility index (Phi) is 6.34. The number of nitrogens with two attached hydrogens (primary N) is 1. The molecule has 25 heavy (non-hydrogen) atoms. The molecule has 1 aliphatic heterocycles. The number of carbonyl (C=O) groups is 2. The van der Waals surface area contributed by atoms with Gasteiger partial charge in [0.25, 0.3) is 5.91 Å². The molecule has 0 aromatic heterocycles. The van der Waals surface area contributed by atoms with Crippen LogP contribution in [0.5, 0.6) is 0 Å². The van der Waals surface area contributed by atoms with E-state index in [1.54, 1.807) is 41.3 Å². The first kappa shape index (κ1) is 19.2. The van der Waals surface area contributed by atoms with Crippen LogP contribution in [0.1, 0.15) is 44.7 Å². The minimum atomic E-state index is -0.118. The highest BCUT2D eigenvalue weighted by Gasteiger charge is 2.25. The number of amides is 1. The van der Waals surface area contributed by atoms with Gasteiger partial charge >= 0.3 is 0 Å². The third kappa shape index (κ3) is 4.27. The van der Waals surface area contributed by atoms with Crippen molar-refractivity contribution < 1.29 is 9.59 Å². The van der Waals surface area contributed by atoms with Crippen LogP contribution in [0.15, 0.2) is 48.5 Å². The predicted molar refractivity (Wildman–Crippen MR) is 101 cm³/mol. The number of hydrogen-bond donors (Lipinski definition) is 1. The summed E-state index contributed by atoms with van der Waals surface area (Å²) in [7, 11) is 0. The molecule has 0 atom stereocenters. The lowest BCUT2D eigenvalue weighted by Gasteiger charge is -2.30. The van der Waals surface area contributed by atoms with E-state index >= 15 is 0 Å². The molecule has 0 spiro atoms. The maximum atomic E-state index is 12.8. The quantitative estimate of drug-likeness (QED) is 0.857. The molecule has 1 amide bonds. The molecule has 1 fully saturated rings. The topological polar surface area (TPSA) is 63.4 Å². The van der Waals surface area contributed by atoms with Crippen LogP contribution in [-0.2, 0) is 0 Å². The SMILES string of the molecule is Cc1ccc(C(=O)c2ccccc2C(=O)N2CCC(N)CC2)cc1.Cl. The van der Waals surface area contributed by atoms with Crippen LogP contribution in [0.2, 0.25) is 0 Å². The number of carbonyl (C=O) groups excluding carboxylic acids is 2. The van der Waals surface area contributed by atoms with Gasteiger partial charge in [-0.05, 0) is 25.8 Å². The van der Waals surface area contributed by atoms with Gasteiger partial charge in [0.1, 0.15) is 0 Å². The van der Waals surface area contributed by atoms with Gasteiger partial charge in [-0.3, -0.25) is 9.59 Å². The van der Waals surface area contributed by atoms with Crippen LogP contribution < -0.4 is 5.73 Å². The van der Waals surface area contributed by atoms with Gasteiger partial charge in [-0.2, -0.15) is 0 Å². The Morgan fingerprint density at radius 2 is 1.52 bits per heavy atom. The molecule has 1 aliphatic rings. The summed E-state index contributed by atoms with van der Waals surface area (Å²) in [4.78, 5) is 27.5. The number of piperidine rings is 1. The van der Waals surface area contributed by atoms with Crippen molar-refractivity contribution in [2.24, 2.45) is 5.73 Å². The Morgan fingerprint density at radius 1 is 0.960 bits per heavy atom. The lowest BCUT2D eigenvalue weighted by atomic mass is 9.96. The molecule has 3 rings (SSSR count). The van der Waals surface area contributed by atoms with E-state index in [1.165, 1.54) is 0 Å². The van der Waals surface area contributed by atoms with Gasteiger partial charge in [0, 0.05) is 30.3 Å². The first-order chi connectivity index (χ1) is 11.6. The molecule has 4 nitrogen and oxygen atoms in total. The van der Waals surface area contributed by atoms with Gasteiger partial charge in [-0.1, -0.05) is 48.0 Å². The van der Waals surface area contributed by atoms with Crippen molar-refractivity contribution in [1.29, 1.82) is 0 Å². The van der Waals surface area contributed by atoms with E-state index in [2.05, 4.69) is 0 Å². The van der Waals surface area contributed by atoms with E-state index in [0.29, 0.717) is 29.8 Å². The number of benzene rings is 2. The first-order valence-corrected chi connectivity index (χ1v) is 8.31. The molecule has 2 aromatic carbocycles. The number of likely N-dealkylation sites (tertiary alicyclic amines) is 1. The number of aryl methyl sites for hydroxylation is 1. The van der Waals surface area contributed by atoms with Crippen LogP contribution in [0.25, 0.3) is 0 Å². The summed E-state index contributed by atoms with van der Waals surface area (Å²) < 4.78 is 0. The molecule has 2 aromatic rings. The van der Waals surface area contributed by atoms with Crippen LogP contribution >= 0.6 is 12.4 Å². The fourth-order valence-electron chi connectivity index (χ4n) is 3.00. The Balaban J connectivity index is 0.00000225. The average molecular weight is 359 g/mol. The molecule has 1 saturated heterocycles. The van der Waals surface area contributed by atoms with Gasteiger partial charge in [-0.15, -0.1) is 12.4 Å². The molecule has 0 unspecified atom stereocenters. The van der Waals surface area contributed by atoms with E-state index < -0.39 is 0 Å². The molecule has 0 saturated carbocycles. The molecule has 1 heterocycles. The van der Waals surface area contributed by atoms with Gasteiger partial charge in [-0.25, -0.2) is 0 Å². The Morgan fingerprint density at radius 3 is 2.12 bits per heavy atom. The number of nitrogens with zero attached hydrogens (tertiary/aromatic N) is 1. The summed E-state index contributed by atoms with van der Waals surface area (Å²) in [5.41, 5.74) is 8.54. The third-order valence-electron chi connectivity index (χ3n) is 4.54. The highest BCUT2D eigenvalue weighted by molar-refractivity contribution is 6.15. The third-order valence-corrected chi connectivity index (χ3v) is 4.54. The Labute approximate surface area is 154 Å². The Bertz CT molecular complexity index is 751. The molecule has 5 heteroatoms. The minimum Gasteiger partial charge on any atom is -0.339 e. The largest absolute Gasteiger partial charge is 0.339 e. The van der Waals surface area contributed by atoms with Crippen molar-refractivity contribution in [3.05, 3.63) is 70.8 Å². The summed E-state index contributed by atoms with van der Waals surface area (Å²) in [5.74, 6) is -0.203. The van der Waals surface area contributed by atoms with Crippen molar-refractivity contribution >= 4 is 24.1 Å². The average Bonchev–Trinajstić information content (AvgIpc) is 2.62. The maximum Gasteiger partial charge on any atom is 0.254 e. The van der Waals surface area contributed by atoms with E-state index in [-0.39, 0.29) is 30.1 Å².